The Morgan fingerprint density at radius 2 is 2.14 bits per heavy atom. The predicted octanol–water partition coefficient (Wildman–Crippen LogP) is 4.43. The van der Waals surface area contributed by atoms with E-state index in [4.69, 9.17) is 0 Å². The Kier molecular flexibility index (Phi) is 4.49. The molecule has 1 unspecified atom stereocenters. The van der Waals surface area contributed by atoms with Gasteiger partial charge in [-0.2, -0.15) is 8.78 Å². The van der Waals surface area contributed by atoms with Gasteiger partial charge in [-0.05, 0) is 37.3 Å². The summed E-state index contributed by atoms with van der Waals surface area (Å²) in [5.74, 6) is 0.242. The summed E-state index contributed by atoms with van der Waals surface area (Å²) in [6, 6.07) is 9.53. The van der Waals surface area contributed by atoms with Gasteiger partial charge in [0.1, 0.15) is 5.75 Å². The quantitative estimate of drug-likeness (QED) is 0.791. The molecule has 0 saturated carbocycles. The smallest absolute Gasteiger partial charge is 0.387 e. The number of halogens is 3. The lowest BCUT2D eigenvalue weighted by molar-refractivity contribution is -0.0509. The molecule has 0 spiro atoms. The Bertz CT molecular complexity index is 659. The maximum atomic E-state index is 12.6. The number of aromatic nitrogens is 1. The lowest BCUT2D eigenvalue weighted by Crippen LogP contribution is -2.36. The normalized spacial score (nSPS) is 18.5. The monoisotopic (exact) mass is 370 g/mol. The SMILES string of the molecule is CC1c2cccn2CCN1Cc1cc(Br)ccc1OC(F)F. The molecule has 22 heavy (non-hydrogen) atoms. The van der Waals surface area contributed by atoms with Crippen molar-refractivity contribution in [3.63, 3.8) is 0 Å². The van der Waals surface area contributed by atoms with Crippen LogP contribution in [0.25, 0.3) is 0 Å². The van der Waals surface area contributed by atoms with Gasteiger partial charge in [0, 0.05) is 47.6 Å². The Morgan fingerprint density at radius 1 is 1.32 bits per heavy atom. The summed E-state index contributed by atoms with van der Waals surface area (Å²) in [6.07, 6.45) is 2.08. The largest absolute Gasteiger partial charge is 0.434 e. The van der Waals surface area contributed by atoms with Crippen molar-refractivity contribution in [1.82, 2.24) is 9.47 Å². The first-order valence-corrected chi connectivity index (χ1v) is 7.96. The highest BCUT2D eigenvalue weighted by Crippen LogP contribution is 2.31. The fraction of sp³-hybridized carbons (Fsp3) is 0.375. The summed E-state index contributed by atoms with van der Waals surface area (Å²) in [5.41, 5.74) is 2.01. The molecule has 0 N–H and O–H groups in total. The molecule has 3 rings (SSSR count). The zero-order valence-electron chi connectivity index (χ0n) is 12.2. The maximum absolute atomic E-state index is 12.6. The molecule has 0 radical (unpaired) electrons. The lowest BCUT2D eigenvalue weighted by Gasteiger charge is -2.35. The van der Waals surface area contributed by atoms with E-state index in [0.29, 0.717) is 6.54 Å². The lowest BCUT2D eigenvalue weighted by atomic mass is 10.1. The summed E-state index contributed by atoms with van der Waals surface area (Å²) in [6.45, 7) is 1.69. The second-order valence-electron chi connectivity index (χ2n) is 5.40. The molecule has 6 heteroatoms. The number of fused-ring (bicyclic) bond motifs is 1. The van der Waals surface area contributed by atoms with Crippen molar-refractivity contribution in [3.05, 3.63) is 52.3 Å². The van der Waals surface area contributed by atoms with Crippen LogP contribution in [-0.4, -0.2) is 22.6 Å². The number of nitrogens with zero attached hydrogens (tertiary/aromatic N) is 2. The van der Waals surface area contributed by atoms with Crippen LogP contribution < -0.4 is 4.74 Å². The van der Waals surface area contributed by atoms with E-state index in [1.165, 1.54) is 5.69 Å². The number of rotatable bonds is 4. The van der Waals surface area contributed by atoms with Gasteiger partial charge in [0.25, 0.3) is 0 Å². The number of hydrogen-bond donors (Lipinski definition) is 0. The van der Waals surface area contributed by atoms with Gasteiger partial charge in [0.05, 0.1) is 0 Å². The molecule has 1 aliphatic heterocycles. The van der Waals surface area contributed by atoms with E-state index in [0.717, 1.165) is 23.1 Å². The fourth-order valence-corrected chi connectivity index (χ4v) is 3.35. The summed E-state index contributed by atoms with van der Waals surface area (Å²) in [5, 5.41) is 0. The Morgan fingerprint density at radius 3 is 2.91 bits per heavy atom. The third kappa shape index (κ3) is 3.17. The third-order valence-electron chi connectivity index (χ3n) is 4.08. The number of ether oxygens (including phenoxy) is 1. The Labute approximate surface area is 136 Å². The average molecular weight is 371 g/mol. The van der Waals surface area contributed by atoms with Crippen LogP contribution in [0, 0.1) is 0 Å². The molecule has 118 valence electrons. The molecule has 2 aromatic rings. The van der Waals surface area contributed by atoms with Crippen molar-refractivity contribution in [1.29, 1.82) is 0 Å². The highest BCUT2D eigenvalue weighted by Gasteiger charge is 2.24. The van der Waals surface area contributed by atoms with Gasteiger partial charge >= 0.3 is 6.61 Å². The minimum absolute atomic E-state index is 0.238. The highest BCUT2D eigenvalue weighted by molar-refractivity contribution is 9.10. The molecule has 1 aromatic heterocycles. The first kappa shape index (κ1) is 15.5. The van der Waals surface area contributed by atoms with Gasteiger partial charge in [-0.3, -0.25) is 4.90 Å². The second-order valence-corrected chi connectivity index (χ2v) is 6.32. The first-order chi connectivity index (χ1) is 10.5. The van der Waals surface area contributed by atoms with Crippen molar-refractivity contribution in [2.75, 3.05) is 6.54 Å². The first-order valence-electron chi connectivity index (χ1n) is 7.17. The van der Waals surface area contributed by atoms with Crippen LogP contribution in [0.5, 0.6) is 5.75 Å². The zero-order chi connectivity index (χ0) is 15.7. The molecule has 0 fully saturated rings. The van der Waals surface area contributed by atoms with E-state index in [-0.39, 0.29) is 11.8 Å². The summed E-state index contributed by atoms with van der Waals surface area (Å²) in [7, 11) is 0. The van der Waals surface area contributed by atoms with Crippen LogP contribution in [-0.2, 0) is 13.1 Å². The van der Waals surface area contributed by atoms with Crippen LogP contribution in [0.15, 0.2) is 41.0 Å². The van der Waals surface area contributed by atoms with Crippen molar-refractivity contribution >= 4 is 15.9 Å². The molecule has 0 aliphatic carbocycles. The van der Waals surface area contributed by atoms with Crippen molar-refractivity contribution in [2.24, 2.45) is 0 Å². The van der Waals surface area contributed by atoms with E-state index in [1.54, 1.807) is 12.1 Å². The molecular weight excluding hydrogens is 354 g/mol. The van der Waals surface area contributed by atoms with E-state index in [2.05, 4.69) is 49.3 Å². The van der Waals surface area contributed by atoms with E-state index in [9.17, 15) is 8.78 Å². The molecule has 0 bridgehead atoms. The van der Waals surface area contributed by atoms with Gasteiger partial charge in [-0.15, -0.1) is 0 Å². The van der Waals surface area contributed by atoms with Gasteiger partial charge in [0.15, 0.2) is 0 Å². The minimum atomic E-state index is -2.81. The maximum Gasteiger partial charge on any atom is 0.387 e. The summed E-state index contributed by atoms with van der Waals surface area (Å²) >= 11 is 3.40. The van der Waals surface area contributed by atoms with Crippen LogP contribution in [0.3, 0.4) is 0 Å². The van der Waals surface area contributed by atoms with Crippen LogP contribution in [0.1, 0.15) is 24.2 Å². The third-order valence-corrected chi connectivity index (χ3v) is 4.57. The molecule has 1 atom stereocenters. The molecular formula is C16H17BrF2N2O. The molecule has 2 heterocycles. The number of alkyl halides is 2. The Hall–Kier alpha value is -1.40. The summed E-state index contributed by atoms with van der Waals surface area (Å²) < 4.78 is 32.9. The van der Waals surface area contributed by atoms with Crippen LogP contribution in [0.2, 0.25) is 0 Å². The van der Waals surface area contributed by atoms with E-state index < -0.39 is 6.61 Å². The standard InChI is InChI=1S/C16H17BrF2N2O/c1-11-14-3-2-6-20(14)7-8-21(11)10-12-9-13(17)4-5-15(12)22-16(18)19/h2-6,9,11,16H,7-8,10H2,1H3. The van der Waals surface area contributed by atoms with Gasteiger partial charge in [-0.1, -0.05) is 15.9 Å². The number of hydrogen-bond acceptors (Lipinski definition) is 2. The average Bonchev–Trinajstić information content (AvgIpc) is 2.94. The fourth-order valence-electron chi connectivity index (χ4n) is 2.94. The Balaban J connectivity index is 1.83. The molecule has 0 saturated heterocycles. The van der Waals surface area contributed by atoms with Crippen molar-refractivity contribution < 1.29 is 13.5 Å². The predicted molar refractivity (Wildman–Crippen MR) is 84.0 cm³/mol. The van der Waals surface area contributed by atoms with Gasteiger partial charge in [-0.25, -0.2) is 0 Å². The minimum Gasteiger partial charge on any atom is -0.434 e. The molecule has 0 amide bonds. The molecule has 3 nitrogen and oxygen atoms in total. The molecule has 1 aromatic carbocycles. The van der Waals surface area contributed by atoms with Crippen molar-refractivity contribution in [3.8, 4) is 5.75 Å². The number of benzene rings is 1. The van der Waals surface area contributed by atoms with Crippen LogP contribution in [0.4, 0.5) is 8.78 Å². The second kappa shape index (κ2) is 6.38. The topological polar surface area (TPSA) is 17.4 Å². The van der Waals surface area contributed by atoms with Crippen molar-refractivity contribution in [2.45, 2.75) is 32.7 Å². The summed E-state index contributed by atoms with van der Waals surface area (Å²) in [4.78, 5) is 2.27. The highest BCUT2D eigenvalue weighted by atomic mass is 79.9. The van der Waals surface area contributed by atoms with E-state index >= 15 is 0 Å². The van der Waals surface area contributed by atoms with Crippen LogP contribution >= 0.6 is 15.9 Å². The van der Waals surface area contributed by atoms with E-state index in [1.807, 2.05) is 12.1 Å². The molecule has 1 aliphatic rings. The van der Waals surface area contributed by atoms with Gasteiger partial charge in [0.2, 0.25) is 0 Å². The van der Waals surface area contributed by atoms with Gasteiger partial charge < -0.3 is 9.30 Å². The zero-order valence-corrected chi connectivity index (χ0v) is 13.8.